The number of carbonyl (C=O) groups is 2. The van der Waals surface area contributed by atoms with Crippen LogP contribution in [0.25, 0.3) is 0 Å². The summed E-state index contributed by atoms with van der Waals surface area (Å²) in [6, 6.07) is 8.94. The van der Waals surface area contributed by atoms with Crippen molar-refractivity contribution in [3.63, 3.8) is 0 Å². The van der Waals surface area contributed by atoms with Gasteiger partial charge in [0.05, 0.1) is 23.8 Å². The molecule has 1 N–H and O–H groups in total. The van der Waals surface area contributed by atoms with E-state index in [9.17, 15) is 14.9 Å². The minimum atomic E-state index is -1.14. The lowest BCUT2D eigenvalue weighted by Crippen LogP contribution is -2.44. The molecule has 0 saturated heterocycles. The van der Waals surface area contributed by atoms with E-state index >= 15 is 0 Å². The van der Waals surface area contributed by atoms with Crippen molar-refractivity contribution >= 4 is 35.2 Å². The van der Waals surface area contributed by atoms with Gasteiger partial charge in [0.1, 0.15) is 5.92 Å². The Labute approximate surface area is 137 Å². The van der Waals surface area contributed by atoms with Gasteiger partial charge in [0.2, 0.25) is 5.91 Å². The maximum atomic E-state index is 12.3. The molecule has 22 heavy (non-hydrogen) atoms. The number of hydrogen-bond donors (Lipinski definition) is 1. The lowest BCUT2D eigenvalue weighted by Gasteiger charge is -2.31. The molecule has 0 aromatic heterocycles. The molecular formula is C15H13ClN2O3S. The second-order valence-electron chi connectivity index (χ2n) is 4.55. The molecule has 2 rings (SSSR count). The number of rotatable bonds is 3. The van der Waals surface area contributed by atoms with Crippen LogP contribution < -0.4 is 5.32 Å². The number of carbonyl (C=O) groups excluding carboxylic acids is 2. The van der Waals surface area contributed by atoms with E-state index in [2.05, 4.69) is 11.4 Å². The van der Waals surface area contributed by atoms with Crippen molar-refractivity contribution in [1.82, 2.24) is 5.32 Å². The van der Waals surface area contributed by atoms with Gasteiger partial charge in [-0.3, -0.25) is 9.59 Å². The van der Waals surface area contributed by atoms with E-state index in [4.69, 9.17) is 16.3 Å². The number of thioether (sulfide) groups is 1. The van der Waals surface area contributed by atoms with Crippen LogP contribution in [-0.2, 0) is 14.3 Å². The van der Waals surface area contributed by atoms with E-state index in [-0.39, 0.29) is 0 Å². The number of allylic oxidation sites excluding steroid dienone is 1. The van der Waals surface area contributed by atoms with Crippen molar-refractivity contribution in [3.8, 4) is 6.07 Å². The van der Waals surface area contributed by atoms with E-state index < -0.39 is 23.7 Å². The Balaban J connectivity index is 2.69. The molecule has 1 aliphatic rings. The Morgan fingerprint density at radius 3 is 2.68 bits per heavy atom. The van der Waals surface area contributed by atoms with Gasteiger partial charge in [-0.05, 0) is 17.9 Å². The summed E-state index contributed by atoms with van der Waals surface area (Å²) in [5, 5.41) is 12.9. The second-order valence-corrected chi connectivity index (χ2v) is 5.77. The maximum Gasteiger partial charge on any atom is 0.319 e. The Kier molecular flexibility index (Phi) is 5.11. The fourth-order valence-electron chi connectivity index (χ4n) is 2.43. The van der Waals surface area contributed by atoms with Gasteiger partial charge in [0.25, 0.3) is 0 Å². The molecule has 1 aromatic rings. The van der Waals surface area contributed by atoms with Crippen LogP contribution in [0.15, 0.2) is 34.9 Å². The highest BCUT2D eigenvalue weighted by molar-refractivity contribution is 8.02. The quantitative estimate of drug-likeness (QED) is 0.677. The molecule has 1 heterocycles. The second kappa shape index (κ2) is 6.86. The van der Waals surface area contributed by atoms with Gasteiger partial charge in [-0.1, -0.05) is 29.8 Å². The van der Waals surface area contributed by atoms with Crippen molar-refractivity contribution in [3.05, 3.63) is 45.5 Å². The zero-order valence-corrected chi connectivity index (χ0v) is 13.5. The first kappa shape index (κ1) is 16.4. The molecule has 0 radical (unpaired) electrons. The lowest BCUT2D eigenvalue weighted by molar-refractivity contribution is -0.150. The zero-order valence-electron chi connectivity index (χ0n) is 11.9. The van der Waals surface area contributed by atoms with Crippen molar-refractivity contribution in [2.24, 2.45) is 5.92 Å². The van der Waals surface area contributed by atoms with Crippen LogP contribution in [0.3, 0.4) is 0 Å². The first-order valence-corrected chi connectivity index (χ1v) is 7.96. The molecule has 0 spiro atoms. The minimum absolute atomic E-state index is 0.301. The lowest BCUT2D eigenvalue weighted by atomic mass is 9.78. The Morgan fingerprint density at radius 2 is 2.14 bits per heavy atom. The molecule has 1 aliphatic heterocycles. The van der Waals surface area contributed by atoms with Crippen LogP contribution in [-0.4, -0.2) is 25.2 Å². The van der Waals surface area contributed by atoms with Crippen LogP contribution in [0.4, 0.5) is 0 Å². The molecule has 0 fully saturated rings. The van der Waals surface area contributed by atoms with E-state index in [0.29, 0.717) is 21.2 Å². The predicted molar refractivity (Wildman–Crippen MR) is 84.0 cm³/mol. The molecule has 0 aliphatic carbocycles. The Morgan fingerprint density at radius 1 is 1.45 bits per heavy atom. The highest BCUT2D eigenvalue weighted by atomic mass is 35.5. The van der Waals surface area contributed by atoms with Crippen LogP contribution in [0, 0.1) is 17.2 Å². The summed E-state index contributed by atoms with van der Waals surface area (Å²) in [7, 11) is 1.21. The molecule has 7 heteroatoms. The minimum Gasteiger partial charge on any atom is -0.468 e. The third-order valence-corrected chi connectivity index (χ3v) is 4.50. The number of esters is 1. The smallest absolute Gasteiger partial charge is 0.319 e. The molecule has 1 amide bonds. The summed E-state index contributed by atoms with van der Waals surface area (Å²) in [6.45, 7) is 0. The van der Waals surface area contributed by atoms with Crippen LogP contribution in [0.2, 0.25) is 5.02 Å². The topological polar surface area (TPSA) is 79.2 Å². The molecule has 2 unspecified atom stereocenters. The van der Waals surface area contributed by atoms with E-state index in [1.807, 2.05) is 0 Å². The number of nitrogens with zero attached hydrogens (tertiary/aromatic N) is 1. The van der Waals surface area contributed by atoms with Crippen LogP contribution in [0.1, 0.15) is 11.5 Å². The summed E-state index contributed by atoms with van der Waals surface area (Å²) in [4.78, 5) is 24.4. The summed E-state index contributed by atoms with van der Waals surface area (Å²) in [6.07, 6.45) is 1.75. The summed E-state index contributed by atoms with van der Waals surface area (Å²) < 4.78 is 4.73. The van der Waals surface area contributed by atoms with Gasteiger partial charge in [0, 0.05) is 10.9 Å². The number of nitrogens with one attached hydrogen (secondary N) is 1. The molecular weight excluding hydrogens is 324 g/mol. The SMILES string of the molecule is COC(=O)C1C(=O)NC(SC)=C(C#N)C1c1ccccc1Cl. The highest BCUT2D eigenvalue weighted by Gasteiger charge is 2.44. The molecule has 5 nitrogen and oxygen atoms in total. The van der Waals surface area contributed by atoms with Gasteiger partial charge in [-0.25, -0.2) is 0 Å². The Hall–Kier alpha value is -1.97. The van der Waals surface area contributed by atoms with E-state index in [1.165, 1.54) is 18.9 Å². The number of hydrogen-bond acceptors (Lipinski definition) is 5. The third kappa shape index (κ3) is 2.82. The number of amides is 1. The summed E-state index contributed by atoms with van der Waals surface area (Å²) >= 11 is 7.45. The number of halogens is 1. The zero-order chi connectivity index (χ0) is 16.3. The number of ether oxygens (including phenoxy) is 1. The third-order valence-electron chi connectivity index (χ3n) is 3.43. The standard InChI is InChI=1S/C15H13ClN2O3S/c1-21-15(20)12-11(8-5-3-4-6-10(8)16)9(7-17)14(22-2)18-13(12)19/h3-6,11-12H,1-2H3,(H,18,19). The highest BCUT2D eigenvalue weighted by Crippen LogP contribution is 2.41. The van der Waals surface area contributed by atoms with Gasteiger partial charge < -0.3 is 10.1 Å². The van der Waals surface area contributed by atoms with Gasteiger partial charge in [-0.2, -0.15) is 5.26 Å². The number of nitriles is 1. The number of benzene rings is 1. The first-order valence-electron chi connectivity index (χ1n) is 6.36. The van der Waals surface area contributed by atoms with Gasteiger partial charge in [0.15, 0.2) is 0 Å². The average Bonchev–Trinajstić information content (AvgIpc) is 2.53. The van der Waals surface area contributed by atoms with Crippen molar-refractivity contribution < 1.29 is 14.3 Å². The Bertz CT molecular complexity index is 696. The van der Waals surface area contributed by atoms with Crippen LogP contribution >= 0.6 is 23.4 Å². The van der Waals surface area contributed by atoms with Crippen molar-refractivity contribution in [2.45, 2.75) is 5.92 Å². The van der Waals surface area contributed by atoms with Gasteiger partial charge >= 0.3 is 5.97 Å². The van der Waals surface area contributed by atoms with Gasteiger partial charge in [-0.15, -0.1) is 11.8 Å². The average molecular weight is 337 g/mol. The number of methoxy groups -OCH3 is 1. The fraction of sp³-hybridized carbons (Fsp3) is 0.267. The fourth-order valence-corrected chi connectivity index (χ4v) is 3.28. The monoisotopic (exact) mass is 336 g/mol. The van der Waals surface area contributed by atoms with Crippen molar-refractivity contribution in [2.75, 3.05) is 13.4 Å². The molecule has 0 bridgehead atoms. The normalized spacial score (nSPS) is 21.1. The molecule has 0 saturated carbocycles. The molecule has 1 aromatic carbocycles. The predicted octanol–water partition coefficient (Wildman–Crippen LogP) is 2.44. The largest absolute Gasteiger partial charge is 0.468 e. The summed E-state index contributed by atoms with van der Waals surface area (Å²) in [5.74, 6) is -3.10. The van der Waals surface area contributed by atoms with E-state index in [0.717, 1.165) is 0 Å². The van der Waals surface area contributed by atoms with E-state index in [1.54, 1.807) is 30.5 Å². The van der Waals surface area contributed by atoms with Crippen LogP contribution in [0.5, 0.6) is 0 Å². The molecule has 114 valence electrons. The summed E-state index contributed by atoms with van der Waals surface area (Å²) in [5.41, 5.74) is 0.855. The molecule has 2 atom stereocenters. The maximum absolute atomic E-state index is 12.3. The first-order chi connectivity index (χ1) is 10.5. The van der Waals surface area contributed by atoms with Crippen molar-refractivity contribution in [1.29, 1.82) is 5.26 Å².